The van der Waals surface area contributed by atoms with Gasteiger partial charge in [0.1, 0.15) is 6.61 Å². The molecule has 0 bridgehead atoms. The molecule has 3 rings (SSSR count). The summed E-state index contributed by atoms with van der Waals surface area (Å²) in [5, 5.41) is 3.79. The van der Waals surface area contributed by atoms with Gasteiger partial charge in [0.25, 0.3) is 11.8 Å². The third-order valence-corrected chi connectivity index (χ3v) is 4.02. The highest BCUT2D eigenvalue weighted by Crippen LogP contribution is 2.16. The van der Waals surface area contributed by atoms with E-state index >= 15 is 0 Å². The molecule has 26 heavy (non-hydrogen) atoms. The van der Waals surface area contributed by atoms with E-state index in [4.69, 9.17) is 14.0 Å². The molecule has 2 amide bonds. The minimum atomic E-state index is -0.351. The van der Waals surface area contributed by atoms with Crippen LogP contribution in [-0.2, 0) is 11.3 Å². The van der Waals surface area contributed by atoms with E-state index in [1.54, 1.807) is 16.7 Å². The highest BCUT2D eigenvalue weighted by molar-refractivity contribution is 5.91. The molecule has 0 aliphatic carbocycles. The van der Waals surface area contributed by atoms with E-state index in [0.717, 1.165) is 5.56 Å². The fraction of sp³-hybridized carbons (Fsp3) is 0.389. The Labute approximate surface area is 151 Å². The summed E-state index contributed by atoms with van der Waals surface area (Å²) in [5.74, 6) is 0.121. The summed E-state index contributed by atoms with van der Waals surface area (Å²) in [6, 6.07) is 11.1. The SMILES string of the molecule is CCOC(=O)N1CCN(C(=O)c2cc(OCc3ccccc3)no2)CC1. The number of carbonyl (C=O) groups is 2. The molecule has 8 nitrogen and oxygen atoms in total. The van der Waals surface area contributed by atoms with Gasteiger partial charge >= 0.3 is 6.09 Å². The number of benzene rings is 1. The van der Waals surface area contributed by atoms with Gasteiger partial charge in [0.2, 0.25) is 5.76 Å². The van der Waals surface area contributed by atoms with E-state index in [1.165, 1.54) is 6.07 Å². The van der Waals surface area contributed by atoms with Gasteiger partial charge in [-0.05, 0) is 17.6 Å². The predicted molar refractivity (Wildman–Crippen MR) is 91.8 cm³/mol. The van der Waals surface area contributed by atoms with E-state index in [0.29, 0.717) is 39.4 Å². The van der Waals surface area contributed by atoms with E-state index in [9.17, 15) is 9.59 Å². The first-order valence-corrected chi connectivity index (χ1v) is 8.51. The Bertz CT molecular complexity index is 738. The van der Waals surface area contributed by atoms with Crippen LogP contribution >= 0.6 is 0 Å². The monoisotopic (exact) mass is 359 g/mol. The van der Waals surface area contributed by atoms with Crippen LogP contribution in [0.2, 0.25) is 0 Å². The summed E-state index contributed by atoms with van der Waals surface area (Å²) in [4.78, 5) is 27.4. The number of aromatic nitrogens is 1. The molecule has 0 N–H and O–H groups in total. The van der Waals surface area contributed by atoms with E-state index in [2.05, 4.69) is 5.16 Å². The smallest absolute Gasteiger partial charge is 0.409 e. The largest absolute Gasteiger partial charge is 0.471 e. The maximum Gasteiger partial charge on any atom is 0.409 e. The van der Waals surface area contributed by atoms with Gasteiger partial charge in [0.05, 0.1) is 12.7 Å². The highest BCUT2D eigenvalue weighted by Gasteiger charge is 2.27. The lowest BCUT2D eigenvalue weighted by Gasteiger charge is -2.33. The van der Waals surface area contributed by atoms with E-state index in [1.807, 2.05) is 30.3 Å². The number of ether oxygens (including phenoxy) is 2. The second-order valence-electron chi connectivity index (χ2n) is 5.78. The highest BCUT2D eigenvalue weighted by atomic mass is 16.6. The predicted octanol–water partition coefficient (Wildman–Crippen LogP) is 2.17. The third kappa shape index (κ3) is 4.33. The van der Waals surface area contributed by atoms with Gasteiger partial charge < -0.3 is 23.8 Å². The maximum absolute atomic E-state index is 12.5. The molecule has 2 aromatic rings. The number of amides is 2. The van der Waals surface area contributed by atoms with Gasteiger partial charge in [0.15, 0.2) is 0 Å². The Morgan fingerprint density at radius 2 is 1.81 bits per heavy atom. The van der Waals surface area contributed by atoms with Crippen molar-refractivity contribution >= 4 is 12.0 Å². The minimum Gasteiger partial charge on any atom is -0.471 e. The van der Waals surface area contributed by atoms with Crippen molar-refractivity contribution in [2.75, 3.05) is 32.8 Å². The van der Waals surface area contributed by atoms with Crippen LogP contribution < -0.4 is 4.74 Å². The van der Waals surface area contributed by atoms with E-state index in [-0.39, 0.29) is 23.6 Å². The Morgan fingerprint density at radius 1 is 1.12 bits per heavy atom. The van der Waals surface area contributed by atoms with Crippen LogP contribution in [0.4, 0.5) is 4.79 Å². The molecule has 0 spiro atoms. The van der Waals surface area contributed by atoms with Crippen molar-refractivity contribution in [3.05, 3.63) is 47.7 Å². The second kappa shape index (κ2) is 8.37. The van der Waals surface area contributed by atoms with E-state index < -0.39 is 0 Å². The normalized spacial score (nSPS) is 14.2. The summed E-state index contributed by atoms with van der Waals surface area (Å²) in [6.45, 7) is 4.13. The standard InChI is InChI=1S/C18H21N3O5/c1-2-24-18(23)21-10-8-20(9-11-21)17(22)15-12-16(19-26-15)25-13-14-6-4-3-5-7-14/h3-7,12H,2,8-11,13H2,1H3. The second-order valence-corrected chi connectivity index (χ2v) is 5.78. The molecule has 1 saturated heterocycles. The summed E-state index contributed by atoms with van der Waals surface area (Å²) in [7, 11) is 0. The average Bonchev–Trinajstić information content (AvgIpc) is 3.16. The lowest BCUT2D eigenvalue weighted by atomic mass is 10.2. The molecule has 1 fully saturated rings. The molecule has 8 heteroatoms. The van der Waals surface area contributed by atoms with Crippen molar-refractivity contribution in [1.82, 2.24) is 15.0 Å². The van der Waals surface area contributed by atoms with Crippen LogP contribution in [0.5, 0.6) is 5.88 Å². The Morgan fingerprint density at radius 3 is 2.50 bits per heavy atom. The summed E-state index contributed by atoms with van der Waals surface area (Å²) in [6.07, 6.45) is -0.351. The molecule has 138 valence electrons. The summed E-state index contributed by atoms with van der Waals surface area (Å²) >= 11 is 0. The molecule has 1 aromatic heterocycles. The van der Waals surface area contributed by atoms with Crippen molar-refractivity contribution in [2.45, 2.75) is 13.5 Å². The molecular formula is C18H21N3O5. The number of hydrogen-bond donors (Lipinski definition) is 0. The Kier molecular flexibility index (Phi) is 5.73. The van der Waals surface area contributed by atoms with Crippen molar-refractivity contribution in [3.8, 4) is 5.88 Å². The van der Waals surface area contributed by atoms with Crippen molar-refractivity contribution < 1.29 is 23.6 Å². The fourth-order valence-electron chi connectivity index (χ4n) is 2.62. The van der Waals surface area contributed by atoms with Gasteiger partial charge in [0, 0.05) is 26.2 Å². The van der Waals surface area contributed by atoms with Gasteiger partial charge in [-0.15, -0.1) is 0 Å². The molecule has 1 aromatic carbocycles. The van der Waals surface area contributed by atoms with Crippen LogP contribution in [0.15, 0.2) is 40.9 Å². The molecule has 1 aliphatic heterocycles. The van der Waals surface area contributed by atoms with Crippen LogP contribution in [0, 0.1) is 0 Å². The number of rotatable bonds is 5. The zero-order valence-electron chi connectivity index (χ0n) is 14.6. The number of piperazine rings is 1. The third-order valence-electron chi connectivity index (χ3n) is 4.02. The molecule has 2 heterocycles. The first-order chi connectivity index (χ1) is 12.7. The molecular weight excluding hydrogens is 338 g/mol. The lowest BCUT2D eigenvalue weighted by Crippen LogP contribution is -2.50. The zero-order valence-corrected chi connectivity index (χ0v) is 14.6. The van der Waals surface area contributed by atoms with Gasteiger partial charge in [-0.25, -0.2) is 4.79 Å². The van der Waals surface area contributed by atoms with Crippen molar-refractivity contribution in [3.63, 3.8) is 0 Å². The Balaban J connectivity index is 1.51. The van der Waals surface area contributed by atoms with Gasteiger partial charge in [-0.2, -0.15) is 0 Å². The molecule has 0 radical (unpaired) electrons. The minimum absolute atomic E-state index is 0.123. The zero-order chi connectivity index (χ0) is 18.4. The van der Waals surface area contributed by atoms with Crippen molar-refractivity contribution in [1.29, 1.82) is 0 Å². The van der Waals surface area contributed by atoms with Gasteiger partial charge in [-0.1, -0.05) is 30.3 Å². The number of nitrogens with zero attached hydrogens (tertiary/aromatic N) is 3. The van der Waals surface area contributed by atoms with Crippen LogP contribution in [0.1, 0.15) is 23.0 Å². The quantitative estimate of drug-likeness (QED) is 0.813. The molecule has 0 saturated carbocycles. The summed E-state index contributed by atoms with van der Waals surface area (Å²) in [5.41, 5.74) is 0.999. The topological polar surface area (TPSA) is 85.1 Å². The first-order valence-electron chi connectivity index (χ1n) is 8.51. The fourth-order valence-corrected chi connectivity index (χ4v) is 2.62. The summed E-state index contributed by atoms with van der Waals surface area (Å²) < 4.78 is 15.6. The number of hydrogen-bond acceptors (Lipinski definition) is 6. The number of carbonyl (C=O) groups excluding carboxylic acids is 2. The average molecular weight is 359 g/mol. The van der Waals surface area contributed by atoms with Crippen LogP contribution in [0.3, 0.4) is 0 Å². The van der Waals surface area contributed by atoms with Crippen LogP contribution in [-0.4, -0.2) is 59.7 Å². The lowest BCUT2D eigenvalue weighted by molar-refractivity contribution is 0.0538. The molecule has 0 unspecified atom stereocenters. The van der Waals surface area contributed by atoms with Gasteiger partial charge in [-0.3, -0.25) is 4.79 Å². The molecule has 1 aliphatic rings. The first kappa shape index (κ1) is 17.8. The maximum atomic E-state index is 12.5. The molecule has 0 atom stereocenters. The Hall–Kier alpha value is -3.03. The van der Waals surface area contributed by atoms with Crippen molar-refractivity contribution in [2.24, 2.45) is 0 Å². The van der Waals surface area contributed by atoms with Crippen LogP contribution in [0.25, 0.3) is 0 Å².